The van der Waals surface area contributed by atoms with E-state index in [-0.39, 0.29) is 24.0 Å². The zero-order valence-corrected chi connectivity index (χ0v) is 12.5. The fourth-order valence-electron chi connectivity index (χ4n) is 2.01. The first-order chi connectivity index (χ1) is 9.66. The molecular formula is C14H20ClN3O3. The van der Waals surface area contributed by atoms with E-state index in [0.717, 1.165) is 12.5 Å². The number of hydrogen-bond acceptors (Lipinski definition) is 4. The van der Waals surface area contributed by atoms with Crippen LogP contribution in [-0.2, 0) is 11.2 Å². The van der Waals surface area contributed by atoms with E-state index in [1.54, 1.807) is 18.2 Å². The predicted octanol–water partition coefficient (Wildman–Crippen LogP) is 1.67. The van der Waals surface area contributed by atoms with Crippen molar-refractivity contribution in [1.82, 2.24) is 10.6 Å². The van der Waals surface area contributed by atoms with Crippen LogP contribution < -0.4 is 10.6 Å². The first kappa shape index (κ1) is 17.4. The second kappa shape index (κ2) is 8.59. The second-order valence-corrected chi connectivity index (χ2v) is 5.06. The number of benzene rings is 1. The highest BCUT2D eigenvalue weighted by molar-refractivity contribution is 5.85. The summed E-state index contributed by atoms with van der Waals surface area (Å²) in [6.07, 6.45) is 2.98. The molecule has 0 bridgehead atoms. The smallest absolute Gasteiger partial charge is 0.272 e. The maximum atomic E-state index is 11.5. The Balaban J connectivity index is 0.00000220. The number of carbonyl (C=O) groups is 1. The van der Waals surface area contributed by atoms with Gasteiger partial charge in [0, 0.05) is 18.2 Å². The van der Waals surface area contributed by atoms with E-state index in [1.165, 1.54) is 18.9 Å². The van der Waals surface area contributed by atoms with Gasteiger partial charge in [0.15, 0.2) is 0 Å². The number of nitro benzene ring substituents is 1. The van der Waals surface area contributed by atoms with E-state index in [9.17, 15) is 14.9 Å². The van der Waals surface area contributed by atoms with Crippen LogP contribution in [0.1, 0.15) is 18.4 Å². The molecule has 0 aromatic heterocycles. The molecule has 1 aromatic carbocycles. The zero-order valence-electron chi connectivity index (χ0n) is 11.7. The highest BCUT2D eigenvalue weighted by Crippen LogP contribution is 2.27. The summed E-state index contributed by atoms with van der Waals surface area (Å²) in [6.45, 7) is 1.62. The van der Waals surface area contributed by atoms with Crippen molar-refractivity contribution in [2.45, 2.75) is 19.3 Å². The molecule has 1 saturated carbocycles. The molecule has 2 rings (SSSR count). The third kappa shape index (κ3) is 6.10. The summed E-state index contributed by atoms with van der Waals surface area (Å²) in [6, 6.07) is 6.60. The molecule has 0 radical (unpaired) electrons. The van der Waals surface area contributed by atoms with Gasteiger partial charge in [-0.1, -0.05) is 18.2 Å². The number of halogens is 1. The molecule has 1 fully saturated rings. The van der Waals surface area contributed by atoms with Gasteiger partial charge < -0.3 is 10.6 Å². The number of rotatable bonds is 8. The number of para-hydroxylation sites is 1. The largest absolute Gasteiger partial charge is 0.355 e. The maximum Gasteiger partial charge on any atom is 0.272 e. The molecule has 1 amide bonds. The Labute approximate surface area is 129 Å². The van der Waals surface area contributed by atoms with Gasteiger partial charge in [0.25, 0.3) is 5.69 Å². The number of nitro groups is 1. The fourth-order valence-corrected chi connectivity index (χ4v) is 2.01. The van der Waals surface area contributed by atoms with Crippen LogP contribution >= 0.6 is 12.4 Å². The van der Waals surface area contributed by atoms with Gasteiger partial charge in [0.1, 0.15) is 0 Å². The van der Waals surface area contributed by atoms with E-state index in [2.05, 4.69) is 10.6 Å². The summed E-state index contributed by atoms with van der Waals surface area (Å²) >= 11 is 0. The average molecular weight is 314 g/mol. The molecule has 1 aliphatic carbocycles. The lowest BCUT2D eigenvalue weighted by atomic mass is 10.1. The van der Waals surface area contributed by atoms with Gasteiger partial charge in [0.2, 0.25) is 5.91 Å². The van der Waals surface area contributed by atoms with E-state index >= 15 is 0 Å². The van der Waals surface area contributed by atoms with E-state index < -0.39 is 4.92 Å². The molecule has 6 nitrogen and oxygen atoms in total. The Kier molecular flexibility index (Phi) is 7.11. The lowest BCUT2D eigenvalue weighted by Gasteiger charge is -2.06. The monoisotopic (exact) mass is 313 g/mol. The Morgan fingerprint density at radius 1 is 1.33 bits per heavy atom. The van der Waals surface area contributed by atoms with Crippen LogP contribution in [0.4, 0.5) is 5.69 Å². The van der Waals surface area contributed by atoms with Crippen LogP contribution in [0.2, 0.25) is 0 Å². The maximum absolute atomic E-state index is 11.5. The topological polar surface area (TPSA) is 84.3 Å². The van der Waals surface area contributed by atoms with E-state index in [0.29, 0.717) is 25.1 Å². The second-order valence-electron chi connectivity index (χ2n) is 5.06. The summed E-state index contributed by atoms with van der Waals surface area (Å²) in [5.41, 5.74) is 0.748. The molecule has 0 unspecified atom stereocenters. The van der Waals surface area contributed by atoms with Crippen LogP contribution in [0.15, 0.2) is 24.3 Å². The Hall–Kier alpha value is -1.66. The molecule has 0 atom stereocenters. The first-order valence-electron chi connectivity index (χ1n) is 6.86. The highest BCUT2D eigenvalue weighted by Gasteiger charge is 2.20. The average Bonchev–Trinajstić information content (AvgIpc) is 3.23. The van der Waals surface area contributed by atoms with Crippen LogP contribution in [0.3, 0.4) is 0 Å². The molecule has 1 aromatic rings. The van der Waals surface area contributed by atoms with Crippen LogP contribution in [0.5, 0.6) is 0 Å². The third-order valence-corrected chi connectivity index (χ3v) is 3.32. The van der Waals surface area contributed by atoms with Crippen LogP contribution in [0.25, 0.3) is 0 Å². The van der Waals surface area contributed by atoms with Crippen molar-refractivity contribution in [1.29, 1.82) is 0 Å². The standard InChI is InChI=1S/C14H19N3O3.ClH/c18-14(10-15-9-11-5-6-11)16-8-7-12-3-1-2-4-13(12)17(19)20;/h1-4,11,15H,5-10H2,(H,16,18);1H. The van der Waals surface area contributed by atoms with Crippen LogP contribution in [0, 0.1) is 16.0 Å². The normalized spacial score (nSPS) is 13.3. The summed E-state index contributed by atoms with van der Waals surface area (Å²) < 4.78 is 0. The minimum absolute atomic E-state index is 0. The van der Waals surface area contributed by atoms with Gasteiger partial charge in [-0.25, -0.2) is 0 Å². The summed E-state index contributed by atoms with van der Waals surface area (Å²) in [5, 5.41) is 16.7. The summed E-state index contributed by atoms with van der Waals surface area (Å²) in [5.74, 6) is 0.680. The zero-order chi connectivity index (χ0) is 14.4. The molecule has 0 spiro atoms. The predicted molar refractivity (Wildman–Crippen MR) is 82.7 cm³/mol. The van der Waals surface area contributed by atoms with Crippen molar-refractivity contribution in [3.8, 4) is 0 Å². The van der Waals surface area contributed by atoms with Gasteiger partial charge in [0.05, 0.1) is 11.5 Å². The van der Waals surface area contributed by atoms with Crippen molar-refractivity contribution in [2.75, 3.05) is 19.6 Å². The highest BCUT2D eigenvalue weighted by atomic mass is 35.5. The molecule has 1 aliphatic rings. The Bertz CT molecular complexity index is 492. The van der Waals surface area contributed by atoms with Gasteiger partial charge in [-0.15, -0.1) is 12.4 Å². The number of carbonyl (C=O) groups excluding carboxylic acids is 1. The van der Waals surface area contributed by atoms with Crippen molar-refractivity contribution >= 4 is 24.0 Å². The molecule has 2 N–H and O–H groups in total. The minimum atomic E-state index is -0.394. The summed E-state index contributed by atoms with van der Waals surface area (Å²) in [7, 11) is 0. The van der Waals surface area contributed by atoms with Crippen LogP contribution in [-0.4, -0.2) is 30.5 Å². The minimum Gasteiger partial charge on any atom is -0.355 e. The van der Waals surface area contributed by atoms with E-state index in [1.807, 2.05) is 0 Å². The first-order valence-corrected chi connectivity index (χ1v) is 6.86. The van der Waals surface area contributed by atoms with Gasteiger partial charge in [-0.05, 0) is 31.7 Å². The molecule has 116 valence electrons. The summed E-state index contributed by atoms with van der Waals surface area (Å²) in [4.78, 5) is 22.0. The quantitative estimate of drug-likeness (QED) is 0.565. The molecule has 7 heteroatoms. The van der Waals surface area contributed by atoms with Crippen molar-refractivity contribution in [3.05, 3.63) is 39.9 Å². The molecule has 0 heterocycles. The SMILES string of the molecule is Cl.O=C(CNCC1CC1)NCCc1ccccc1[N+](=O)[O-]. The molecule has 0 aliphatic heterocycles. The molecular weight excluding hydrogens is 294 g/mol. The third-order valence-electron chi connectivity index (χ3n) is 3.32. The lowest BCUT2D eigenvalue weighted by molar-refractivity contribution is -0.385. The van der Waals surface area contributed by atoms with Gasteiger partial charge >= 0.3 is 0 Å². The van der Waals surface area contributed by atoms with Crippen molar-refractivity contribution < 1.29 is 9.72 Å². The van der Waals surface area contributed by atoms with Crippen molar-refractivity contribution in [2.24, 2.45) is 5.92 Å². The lowest BCUT2D eigenvalue weighted by Crippen LogP contribution is -2.35. The Morgan fingerprint density at radius 2 is 2.05 bits per heavy atom. The van der Waals surface area contributed by atoms with Gasteiger partial charge in [-0.2, -0.15) is 0 Å². The Morgan fingerprint density at radius 3 is 2.71 bits per heavy atom. The molecule has 21 heavy (non-hydrogen) atoms. The number of hydrogen-bond donors (Lipinski definition) is 2. The number of amides is 1. The molecule has 0 saturated heterocycles. The fraction of sp³-hybridized carbons (Fsp3) is 0.500. The number of nitrogens with one attached hydrogen (secondary N) is 2. The number of nitrogens with zero attached hydrogens (tertiary/aromatic N) is 1. The van der Waals surface area contributed by atoms with Gasteiger partial charge in [-0.3, -0.25) is 14.9 Å². The van der Waals surface area contributed by atoms with E-state index in [4.69, 9.17) is 0 Å². The van der Waals surface area contributed by atoms with Crippen molar-refractivity contribution in [3.63, 3.8) is 0 Å².